The molecular formula is C16H15FN4O3S. The van der Waals surface area contributed by atoms with E-state index in [9.17, 15) is 17.6 Å². The minimum atomic E-state index is -3.81. The van der Waals surface area contributed by atoms with Gasteiger partial charge in [-0.1, -0.05) is 12.1 Å². The third-order valence-electron chi connectivity index (χ3n) is 3.66. The molecule has 0 unspecified atom stereocenters. The van der Waals surface area contributed by atoms with Crippen molar-refractivity contribution >= 4 is 32.9 Å². The molecule has 3 rings (SSSR count). The van der Waals surface area contributed by atoms with E-state index < -0.39 is 26.9 Å². The molecule has 0 radical (unpaired) electrons. The van der Waals surface area contributed by atoms with Crippen molar-refractivity contribution in [1.29, 1.82) is 0 Å². The Morgan fingerprint density at radius 1 is 1.20 bits per heavy atom. The summed E-state index contributed by atoms with van der Waals surface area (Å²) in [5, 5.41) is -0.753. The Balaban J connectivity index is 2.19. The quantitative estimate of drug-likeness (QED) is 0.711. The summed E-state index contributed by atoms with van der Waals surface area (Å²) < 4.78 is 39.1. The third-order valence-corrected chi connectivity index (χ3v) is 5.72. The van der Waals surface area contributed by atoms with Gasteiger partial charge in [-0.3, -0.25) is 4.79 Å². The van der Waals surface area contributed by atoms with Crippen molar-refractivity contribution < 1.29 is 17.6 Å². The van der Waals surface area contributed by atoms with Gasteiger partial charge in [0.15, 0.2) is 5.65 Å². The summed E-state index contributed by atoms with van der Waals surface area (Å²) in [7, 11) is -3.81. The molecule has 0 atom stereocenters. The van der Waals surface area contributed by atoms with Crippen LogP contribution in [-0.4, -0.2) is 33.4 Å². The second kappa shape index (κ2) is 5.92. The lowest BCUT2D eigenvalue weighted by Gasteiger charge is -2.10. The lowest BCUT2D eigenvalue weighted by Crippen LogP contribution is -2.24. The van der Waals surface area contributed by atoms with Crippen molar-refractivity contribution in [3.05, 3.63) is 53.5 Å². The van der Waals surface area contributed by atoms with Gasteiger partial charge in [0.25, 0.3) is 0 Å². The first-order chi connectivity index (χ1) is 11.7. The Labute approximate surface area is 143 Å². The van der Waals surface area contributed by atoms with Crippen LogP contribution in [0.2, 0.25) is 0 Å². The summed E-state index contributed by atoms with van der Waals surface area (Å²) in [6.45, 7) is 3.00. The Bertz CT molecular complexity index is 1090. The maximum atomic E-state index is 13.3. The van der Waals surface area contributed by atoms with Crippen molar-refractivity contribution in [3.8, 4) is 0 Å². The highest BCUT2D eigenvalue weighted by molar-refractivity contribution is 7.90. The molecule has 0 fully saturated rings. The van der Waals surface area contributed by atoms with Gasteiger partial charge in [-0.25, -0.2) is 22.8 Å². The number of nitrogens with two attached hydrogens (primary N) is 1. The number of nitrogen functional groups attached to an aromatic ring is 1. The van der Waals surface area contributed by atoms with Crippen molar-refractivity contribution in [2.45, 2.75) is 19.1 Å². The van der Waals surface area contributed by atoms with Gasteiger partial charge in [-0.05, 0) is 38.1 Å². The Kier molecular flexibility index (Phi) is 4.03. The number of carbonyl (C=O) groups is 1. The van der Waals surface area contributed by atoms with Gasteiger partial charge < -0.3 is 5.73 Å². The molecule has 7 nitrogen and oxygen atoms in total. The minimum absolute atomic E-state index is 0.0294. The molecule has 0 saturated carbocycles. The van der Waals surface area contributed by atoms with Crippen LogP contribution in [0.4, 0.5) is 10.3 Å². The summed E-state index contributed by atoms with van der Waals surface area (Å²) in [4.78, 5) is 20.6. The normalized spacial score (nSPS) is 12.0. The molecule has 0 bridgehead atoms. The molecule has 9 heteroatoms. The Morgan fingerprint density at radius 2 is 1.92 bits per heavy atom. The number of hydrogen-bond acceptors (Lipinski definition) is 6. The molecule has 0 aliphatic carbocycles. The number of aromatic nitrogens is 3. The molecular weight excluding hydrogens is 347 g/mol. The first-order valence-corrected chi connectivity index (χ1v) is 8.92. The Morgan fingerprint density at radius 3 is 2.56 bits per heavy atom. The zero-order chi connectivity index (χ0) is 18.4. The topological polar surface area (TPSA) is 108 Å². The number of halogens is 1. The van der Waals surface area contributed by atoms with E-state index >= 15 is 0 Å². The fraction of sp³-hybridized carbons (Fsp3) is 0.188. The zero-order valence-corrected chi connectivity index (χ0v) is 14.3. The second-order valence-electron chi connectivity index (χ2n) is 5.71. The number of fused-ring (bicyclic) bond motifs is 1. The van der Waals surface area contributed by atoms with E-state index in [-0.39, 0.29) is 28.4 Å². The molecule has 0 aliphatic heterocycles. The molecule has 0 aliphatic rings. The molecule has 2 N–H and O–H groups in total. The predicted octanol–water partition coefficient (Wildman–Crippen LogP) is 1.97. The number of benzene rings is 1. The average molecular weight is 362 g/mol. The highest BCUT2D eigenvalue weighted by Crippen LogP contribution is 2.22. The number of anilines is 1. The molecule has 130 valence electrons. The first-order valence-electron chi connectivity index (χ1n) is 7.41. The number of nitrogens with zero attached hydrogens (tertiary/aromatic N) is 3. The van der Waals surface area contributed by atoms with Gasteiger partial charge >= 0.3 is 0 Å². The monoisotopic (exact) mass is 362 g/mol. The first kappa shape index (κ1) is 17.0. The predicted molar refractivity (Wildman–Crippen MR) is 91.2 cm³/mol. The number of rotatable bonds is 4. The highest BCUT2D eigenvalue weighted by atomic mass is 32.2. The van der Waals surface area contributed by atoms with Gasteiger partial charge in [0.05, 0.1) is 5.25 Å². The smallest absolute Gasteiger partial charge is 0.245 e. The van der Waals surface area contributed by atoms with Crippen LogP contribution in [0.15, 0.2) is 36.4 Å². The number of hydrogen-bond donors (Lipinski definition) is 1. The molecule has 2 heterocycles. The van der Waals surface area contributed by atoms with Gasteiger partial charge in [-0.15, -0.1) is 0 Å². The highest BCUT2D eigenvalue weighted by Gasteiger charge is 2.26. The van der Waals surface area contributed by atoms with Crippen LogP contribution >= 0.6 is 0 Å². The van der Waals surface area contributed by atoms with Gasteiger partial charge in [-0.2, -0.15) is 3.97 Å². The standard InChI is InChI=1S/C16H15FN4O3S/c1-9(2)25(23,24)21-15-13(20-16(21)18)7-6-12(19-15)14(22)10-4-3-5-11(17)8-10/h3-9H,1-2H3,(H2,18,20). The lowest BCUT2D eigenvalue weighted by molar-refractivity contribution is 0.103. The van der Waals surface area contributed by atoms with Crippen LogP contribution in [0.25, 0.3) is 11.2 Å². The number of imidazole rings is 1. The minimum Gasteiger partial charge on any atom is -0.368 e. The van der Waals surface area contributed by atoms with Crippen molar-refractivity contribution in [1.82, 2.24) is 13.9 Å². The van der Waals surface area contributed by atoms with E-state index in [0.29, 0.717) is 0 Å². The maximum Gasteiger partial charge on any atom is 0.245 e. The van der Waals surface area contributed by atoms with Crippen LogP contribution < -0.4 is 5.73 Å². The molecule has 0 saturated heterocycles. The third kappa shape index (κ3) is 2.86. The summed E-state index contributed by atoms with van der Waals surface area (Å²) in [5.74, 6) is -1.31. The van der Waals surface area contributed by atoms with Crippen LogP contribution in [0, 0.1) is 5.82 Å². The van der Waals surface area contributed by atoms with E-state index in [1.807, 2.05) is 0 Å². The number of pyridine rings is 1. The number of ketones is 1. The number of carbonyl (C=O) groups excluding carboxylic acids is 1. The summed E-state index contributed by atoms with van der Waals surface area (Å²) in [6.07, 6.45) is 0. The van der Waals surface area contributed by atoms with Crippen LogP contribution in [0.3, 0.4) is 0 Å². The van der Waals surface area contributed by atoms with Gasteiger partial charge in [0.1, 0.15) is 17.0 Å². The lowest BCUT2D eigenvalue weighted by atomic mass is 10.1. The van der Waals surface area contributed by atoms with E-state index in [2.05, 4.69) is 9.97 Å². The molecule has 3 aromatic rings. The zero-order valence-electron chi connectivity index (χ0n) is 13.5. The maximum absolute atomic E-state index is 13.3. The molecule has 0 spiro atoms. The molecule has 1 aromatic carbocycles. The average Bonchev–Trinajstić information content (AvgIpc) is 2.89. The molecule has 2 aromatic heterocycles. The van der Waals surface area contributed by atoms with Gasteiger partial charge in [0, 0.05) is 5.56 Å². The van der Waals surface area contributed by atoms with Crippen LogP contribution in [-0.2, 0) is 10.0 Å². The second-order valence-corrected chi connectivity index (χ2v) is 8.04. The van der Waals surface area contributed by atoms with Gasteiger partial charge in [0.2, 0.25) is 21.8 Å². The van der Waals surface area contributed by atoms with E-state index in [4.69, 9.17) is 5.73 Å². The molecule has 25 heavy (non-hydrogen) atoms. The summed E-state index contributed by atoms with van der Waals surface area (Å²) in [6, 6.07) is 8.02. The van der Waals surface area contributed by atoms with E-state index in [1.165, 1.54) is 44.2 Å². The fourth-order valence-electron chi connectivity index (χ4n) is 2.32. The van der Waals surface area contributed by atoms with E-state index in [1.54, 1.807) is 0 Å². The summed E-state index contributed by atoms with van der Waals surface area (Å²) in [5.41, 5.74) is 6.03. The van der Waals surface area contributed by atoms with Crippen molar-refractivity contribution in [2.75, 3.05) is 5.73 Å². The van der Waals surface area contributed by atoms with Crippen molar-refractivity contribution in [2.24, 2.45) is 0 Å². The van der Waals surface area contributed by atoms with E-state index in [0.717, 1.165) is 10.0 Å². The largest absolute Gasteiger partial charge is 0.368 e. The fourth-order valence-corrected chi connectivity index (χ4v) is 3.42. The summed E-state index contributed by atoms with van der Waals surface area (Å²) >= 11 is 0. The van der Waals surface area contributed by atoms with Crippen LogP contribution in [0.5, 0.6) is 0 Å². The van der Waals surface area contributed by atoms with Crippen LogP contribution in [0.1, 0.15) is 29.9 Å². The Hall–Kier alpha value is -2.81. The SMILES string of the molecule is CC(C)S(=O)(=O)n1c(N)nc2ccc(C(=O)c3cccc(F)c3)nc21. The molecule has 0 amide bonds. The van der Waals surface area contributed by atoms with Crippen molar-refractivity contribution in [3.63, 3.8) is 0 Å².